The number of carbonyl (C=O) groups is 1. The second kappa shape index (κ2) is 4.72. The van der Waals surface area contributed by atoms with Crippen molar-refractivity contribution in [2.45, 2.75) is 18.4 Å². The fourth-order valence-electron chi connectivity index (χ4n) is 1.83. The molecule has 1 atom stereocenters. The molecule has 1 aromatic carbocycles. The molecule has 0 aromatic heterocycles. The van der Waals surface area contributed by atoms with E-state index in [9.17, 15) is 9.18 Å². The van der Waals surface area contributed by atoms with Crippen molar-refractivity contribution in [2.75, 3.05) is 13.2 Å². The molecule has 1 aliphatic heterocycles. The number of hydrogen-bond acceptors (Lipinski definition) is 3. The van der Waals surface area contributed by atoms with E-state index in [4.69, 9.17) is 22.1 Å². The molecule has 0 radical (unpaired) electrons. The maximum absolute atomic E-state index is 13.0. The second-order valence-electron chi connectivity index (χ2n) is 4.29. The molecule has 1 unspecified atom stereocenters. The zero-order valence-corrected chi connectivity index (χ0v) is 9.97. The minimum absolute atomic E-state index is 0.0381. The number of nitrogens with two attached hydrogens (primary N) is 1. The molecule has 0 amide bonds. The van der Waals surface area contributed by atoms with Crippen LogP contribution in [-0.2, 0) is 16.0 Å². The van der Waals surface area contributed by atoms with Crippen LogP contribution < -0.4 is 5.73 Å². The lowest BCUT2D eigenvalue weighted by atomic mass is 9.90. The molecule has 0 spiro atoms. The molecule has 17 heavy (non-hydrogen) atoms. The van der Waals surface area contributed by atoms with E-state index in [-0.39, 0.29) is 18.8 Å². The minimum Gasteiger partial charge on any atom is -0.379 e. The van der Waals surface area contributed by atoms with Crippen LogP contribution in [-0.4, -0.2) is 24.5 Å². The molecule has 2 N–H and O–H groups in total. The number of carbonyl (C=O) groups excluding carboxylic acids is 1. The summed E-state index contributed by atoms with van der Waals surface area (Å²) in [5.41, 5.74) is 5.44. The Morgan fingerprint density at radius 3 is 3.00 bits per heavy atom. The Balaban J connectivity index is 2.15. The quantitative estimate of drug-likeness (QED) is 0.897. The molecule has 92 valence electrons. The highest BCUT2D eigenvalue weighted by Gasteiger charge is 2.37. The fraction of sp³-hybridized carbons (Fsp3) is 0.417. The van der Waals surface area contributed by atoms with Gasteiger partial charge in [-0.1, -0.05) is 11.6 Å². The lowest BCUT2D eigenvalue weighted by Gasteiger charge is -2.20. The summed E-state index contributed by atoms with van der Waals surface area (Å²) in [5, 5.41) is 0.377. The van der Waals surface area contributed by atoms with Crippen LogP contribution in [0.5, 0.6) is 0 Å². The average molecular weight is 258 g/mol. The predicted octanol–water partition coefficient (Wildman–Crippen LogP) is 1.71. The number of benzene rings is 1. The van der Waals surface area contributed by atoms with Crippen molar-refractivity contribution in [3.05, 3.63) is 34.6 Å². The van der Waals surface area contributed by atoms with Crippen LogP contribution in [0.4, 0.5) is 4.39 Å². The van der Waals surface area contributed by atoms with Crippen LogP contribution in [0.3, 0.4) is 0 Å². The molecule has 0 aliphatic carbocycles. The molecule has 1 heterocycles. The van der Waals surface area contributed by atoms with Crippen molar-refractivity contribution >= 4 is 17.4 Å². The lowest BCUT2D eigenvalue weighted by molar-refractivity contribution is -0.123. The highest BCUT2D eigenvalue weighted by molar-refractivity contribution is 6.31. The number of halogens is 2. The SMILES string of the molecule is NC1(C(=O)Cc2cc(F)ccc2Cl)CCOC1. The summed E-state index contributed by atoms with van der Waals surface area (Å²) in [7, 11) is 0. The summed E-state index contributed by atoms with van der Waals surface area (Å²) in [4.78, 5) is 12.0. The smallest absolute Gasteiger partial charge is 0.159 e. The van der Waals surface area contributed by atoms with E-state index in [0.29, 0.717) is 23.6 Å². The highest BCUT2D eigenvalue weighted by atomic mass is 35.5. The maximum atomic E-state index is 13.0. The van der Waals surface area contributed by atoms with Gasteiger partial charge in [0.25, 0.3) is 0 Å². The van der Waals surface area contributed by atoms with E-state index in [1.807, 2.05) is 0 Å². The van der Waals surface area contributed by atoms with Crippen molar-refractivity contribution in [2.24, 2.45) is 5.73 Å². The van der Waals surface area contributed by atoms with Gasteiger partial charge in [-0.05, 0) is 30.2 Å². The summed E-state index contributed by atoms with van der Waals surface area (Å²) in [6.45, 7) is 0.706. The molecule has 5 heteroatoms. The van der Waals surface area contributed by atoms with Gasteiger partial charge in [-0.2, -0.15) is 0 Å². The first-order valence-electron chi connectivity index (χ1n) is 5.35. The van der Waals surface area contributed by atoms with Crippen molar-refractivity contribution in [1.29, 1.82) is 0 Å². The van der Waals surface area contributed by atoms with Crippen molar-refractivity contribution in [3.63, 3.8) is 0 Å². The van der Waals surface area contributed by atoms with Gasteiger partial charge < -0.3 is 10.5 Å². The fourth-order valence-corrected chi connectivity index (χ4v) is 2.01. The first-order chi connectivity index (χ1) is 8.01. The maximum Gasteiger partial charge on any atom is 0.159 e. The molecular weight excluding hydrogens is 245 g/mol. The van der Waals surface area contributed by atoms with Gasteiger partial charge in [0, 0.05) is 18.1 Å². The minimum atomic E-state index is -0.949. The number of Topliss-reactive ketones (excluding diaryl/α,β-unsaturated/α-hetero) is 1. The first kappa shape index (κ1) is 12.5. The van der Waals surface area contributed by atoms with Crippen LogP contribution in [0, 0.1) is 5.82 Å². The van der Waals surface area contributed by atoms with Crippen LogP contribution >= 0.6 is 11.6 Å². The third kappa shape index (κ3) is 2.65. The molecule has 2 rings (SSSR count). The lowest BCUT2D eigenvalue weighted by Crippen LogP contribution is -2.49. The zero-order valence-electron chi connectivity index (χ0n) is 9.21. The molecule has 1 aliphatic rings. The first-order valence-corrected chi connectivity index (χ1v) is 5.73. The van der Waals surface area contributed by atoms with Crippen molar-refractivity contribution < 1.29 is 13.9 Å². The Kier molecular flexibility index (Phi) is 3.47. The summed E-state index contributed by atoms with van der Waals surface area (Å²) in [5.74, 6) is -0.576. The van der Waals surface area contributed by atoms with E-state index >= 15 is 0 Å². The van der Waals surface area contributed by atoms with Gasteiger partial charge in [0.15, 0.2) is 5.78 Å². The van der Waals surface area contributed by atoms with E-state index in [0.717, 1.165) is 0 Å². The molecule has 1 aromatic rings. The van der Waals surface area contributed by atoms with Crippen molar-refractivity contribution in [3.8, 4) is 0 Å². The Morgan fingerprint density at radius 2 is 2.35 bits per heavy atom. The van der Waals surface area contributed by atoms with E-state index in [2.05, 4.69) is 0 Å². The van der Waals surface area contributed by atoms with E-state index in [1.165, 1.54) is 18.2 Å². The monoisotopic (exact) mass is 257 g/mol. The second-order valence-corrected chi connectivity index (χ2v) is 4.70. The van der Waals surface area contributed by atoms with Gasteiger partial charge in [0.1, 0.15) is 11.4 Å². The Hall–Kier alpha value is -0.970. The Morgan fingerprint density at radius 1 is 1.59 bits per heavy atom. The van der Waals surface area contributed by atoms with Gasteiger partial charge in [-0.15, -0.1) is 0 Å². The summed E-state index contributed by atoms with van der Waals surface area (Å²) in [6, 6.07) is 3.96. The summed E-state index contributed by atoms with van der Waals surface area (Å²) in [6.07, 6.45) is 0.537. The zero-order chi connectivity index (χ0) is 12.5. The largest absolute Gasteiger partial charge is 0.379 e. The van der Waals surface area contributed by atoms with Crippen LogP contribution in [0.15, 0.2) is 18.2 Å². The summed E-state index contributed by atoms with van der Waals surface area (Å²) >= 11 is 5.90. The normalized spacial score (nSPS) is 23.9. The summed E-state index contributed by atoms with van der Waals surface area (Å²) < 4.78 is 18.2. The standard InChI is InChI=1S/C12H13ClFNO2/c13-10-2-1-9(14)5-8(10)6-11(16)12(15)3-4-17-7-12/h1-2,5H,3-4,6-7,15H2. The van der Waals surface area contributed by atoms with Crippen LogP contribution in [0.25, 0.3) is 0 Å². The Bertz CT molecular complexity index is 444. The Labute approximate surface area is 104 Å². The number of hydrogen-bond donors (Lipinski definition) is 1. The molecule has 0 saturated carbocycles. The topological polar surface area (TPSA) is 52.3 Å². The van der Waals surface area contributed by atoms with Gasteiger partial charge in [-0.25, -0.2) is 4.39 Å². The van der Waals surface area contributed by atoms with Gasteiger partial charge in [0.2, 0.25) is 0 Å². The number of ether oxygens (including phenoxy) is 1. The third-order valence-electron chi connectivity index (χ3n) is 2.97. The molecule has 1 fully saturated rings. The third-order valence-corrected chi connectivity index (χ3v) is 3.33. The predicted molar refractivity (Wildman–Crippen MR) is 62.5 cm³/mol. The number of rotatable bonds is 3. The number of ketones is 1. The highest BCUT2D eigenvalue weighted by Crippen LogP contribution is 2.23. The van der Waals surface area contributed by atoms with Gasteiger partial charge in [0.05, 0.1) is 6.61 Å². The van der Waals surface area contributed by atoms with Crippen molar-refractivity contribution in [1.82, 2.24) is 0 Å². The molecule has 3 nitrogen and oxygen atoms in total. The molecule has 1 saturated heterocycles. The van der Waals surface area contributed by atoms with E-state index < -0.39 is 11.4 Å². The average Bonchev–Trinajstić information content (AvgIpc) is 2.72. The van der Waals surface area contributed by atoms with Crippen LogP contribution in [0.2, 0.25) is 5.02 Å². The van der Waals surface area contributed by atoms with Crippen LogP contribution in [0.1, 0.15) is 12.0 Å². The molecule has 0 bridgehead atoms. The molecular formula is C12H13ClFNO2. The van der Waals surface area contributed by atoms with E-state index in [1.54, 1.807) is 0 Å². The van der Waals surface area contributed by atoms with Gasteiger partial charge >= 0.3 is 0 Å². The van der Waals surface area contributed by atoms with Gasteiger partial charge in [-0.3, -0.25) is 4.79 Å².